The molecule has 1 aliphatic rings. The summed E-state index contributed by atoms with van der Waals surface area (Å²) in [7, 11) is 0. The molecule has 8 heteroatoms. The van der Waals surface area contributed by atoms with E-state index in [9.17, 15) is 14.4 Å². The molecule has 2 atom stereocenters. The van der Waals surface area contributed by atoms with Crippen molar-refractivity contribution in [1.82, 2.24) is 21.1 Å². The first kappa shape index (κ1) is 21.3. The lowest BCUT2D eigenvalue weighted by Crippen LogP contribution is -2.57. The van der Waals surface area contributed by atoms with Gasteiger partial charge in [0, 0.05) is 25.9 Å². The number of hydrogen-bond acceptors (Lipinski definition) is 4. The summed E-state index contributed by atoms with van der Waals surface area (Å²) in [6.07, 6.45) is 1.43. The molecule has 1 heterocycles. The summed E-state index contributed by atoms with van der Waals surface area (Å²) in [4.78, 5) is 37.5. The number of benzene rings is 2. The highest BCUT2D eigenvalue weighted by atomic mass is 16.2. The smallest absolute Gasteiger partial charge is 0.332 e. The maximum atomic E-state index is 13.0. The number of nitrogens with zero attached hydrogens (tertiary/aromatic N) is 1. The molecule has 30 heavy (non-hydrogen) atoms. The van der Waals surface area contributed by atoms with Crippen molar-refractivity contribution in [2.75, 3.05) is 13.1 Å². The largest absolute Gasteiger partial charge is 0.368 e. The van der Waals surface area contributed by atoms with Gasteiger partial charge in [0.1, 0.15) is 12.1 Å². The Hall–Kier alpha value is -3.39. The van der Waals surface area contributed by atoms with Crippen LogP contribution in [0, 0.1) is 0 Å². The molecule has 0 radical (unpaired) electrons. The van der Waals surface area contributed by atoms with Crippen LogP contribution in [0.2, 0.25) is 0 Å². The Morgan fingerprint density at radius 3 is 1.97 bits per heavy atom. The molecule has 0 spiro atoms. The number of urea groups is 1. The third kappa shape index (κ3) is 6.05. The number of nitrogens with two attached hydrogens (primary N) is 1. The fraction of sp³-hybridized carbons (Fsp3) is 0.318. The zero-order chi connectivity index (χ0) is 21.3. The lowest BCUT2D eigenvalue weighted by Gasteiger charge is -2.24. The highest BCUT2D eigenvalue weighted by molar-refractivity contribution is 5.91. The van der Waals surface area contributed by atoms with E-state index < -0.39 is 23.9 Å². The average molecular weight is 409 g/mol. The van der Waals surface area contributed by atoms with Crippen LogP contribution in [0.25, 0.3) is 0 Å². The molecule has 5 N–H and O–H groups in total. The second kappa shape index (κ2) is 10.4. The number of hydrazine groups is 1. The lowest BCUT2D eigenvalue weighted by molar-refractivity contribution is -0.128. The number of rotatable bonds is 8. The summed E-state index contributed by atoms with van der Waals surface area (Å²) in [5, 5.41) is 6.95. The van der Waals surface area contributed by atoms with E-state index in [4.69, 9.17) is 5.73 Å². The zero-order valence-electron chi connectivity index (χ0n) is 16.7. The van der Waals surface area contributed by atoms with Crippen molar-refractivity contribution in [3.63, 3.8) is 0 Å². The molecule has 4 amide bonds. The van der Waals surface area contributed by atoms with Crippen molar-refractivity contribution < 1.29 is 14.4 Å². The van der Waals surface area contributed by atoms with Crippen LogP contribution in [0.15, 0.2) is 60.7 Å². The highest BCUT2D eigenvalue weighted by Crippen LogP contribution is 2.07. The van der Waals surface area contributed by atoms with Crippen molar-refractivity contribution in [3.05, 3.63) is 71.8 Å². The average Bonchev–Trinajstić information content (AvgIpc) is 3.29. The normalized spacial score (nSPS) is 15.3. The number of hydrogen-bond donors (Lipinski definition) is 4. The Labute approximate surface area is 175 Å². The van der Waals surface area contributed by atoms with E-state index in [0.717, 1.165) is 17.5 Å². The summed E-state index contributed by atoms with van der Waals surface area (Å²) in [6.45, 7) is 1.28. The molecule has 8 nitrogen and oxygen atoms in total. The molecular weight excluding hydrogens is 382 g/mol. The van der Waals surface area contributed by atoms with Crippen molar-refractivity contribution >= 4 is 17.8 Å². The van der Waals surface area contributed by atoms with Crippen LogP contribution in [0.3, 0.4) is 0 Å². The molecule has 0 bridgehead atoms. The molecule has 2 aromatic carbocycles. The van der Waals surface area contributed by atoms with Gasteiger partial charge >= 0.3 is 6.03 Å². The summed E-state index contributed by atoms with van der Waals surface area (Å²) in [6, 6.07) is 16.6. The van der Waals surface area contributed by atoms with Crippen LogP contribution >= 0.6 is 0 Å². The summed E-state index contributed by atoms with van der Waals surface area (Å²) in [5.41, 5.74) is 10.3. The van der Waals surface area contributed by atoms with Gasteiger partial charge in [0.15, 0.2) is 0 Å². The monoisotopic (exact) mass is 409 g/mol. The summed E-state index contributed by atoms with van der Waals surface area (Å²) in [5.74, 6) is -1.08. The number of primary amides is 1. The number of amides is 4. The summed E-state index contributed by atoms with van der Waals surface area (Å²) >= 11 is 0. The van der Waals surface area contributed by atoms with Gasteiger partial charge in [-0.05, 0) is 17.5 Å². The SMILES string of the molecule is NC(=O)[C@@H](Cc1ccccc1)NC(=O)[C@@H](Cc1ccccc1)NC(=O)N1CCCN1. The minimum absolute atomic E-state index is 0.279. The van der Waals surface area contributed by atoms with Crippen molar-refractivity contribution in [2.24, 2.45) is 5.73 Å². The Balaban J connectivity index is 1.71. The third-order valence-electron chi connectivity index (χ3n) is 4.95. The minimum Gasteiger partial charge on any atom is -0.368 e. The van der Waals surface area contributed by atoms with E-state index in [1.54, 1.807) is 0 Å². The van der Waals surface area contributed by atoms with Gasteiger partial charge in [0.2, 0.25) is 11.8 Å². The van der Waals surface area contributed by atoms with Gasteiger partial charge in [0.05, 0.1) is 0 Å². The van der Waals surface area contributed by atoms with Crippen LogP contribution in [0.1, 0.15) is 17.5 Å². The minimum atomic E-state index is -0.875. The fourth-order valence-corrected chi connectivity index (χ4v) is 3.33. The molecule has 1 aliphatic heterocycles. The quantitative estimate of drug-likeness (QED) is 0.514. The summed E-state index contributed by atoms with van der Waals surface area (Å²) < 4.78 is 0. The fourth-order valence-electron chi connectivity index (χ4n) is 3.33. The van der Waals surface area contributed by atoms with Gasteiger partial charge in [-0.3, -0.25) is 14.6 Å². The highest BCUT2D eigenvalue weighted by Gasteiger charge is 2.28. The molecule has 0 aromatic heterocycles. The molecule has 0 aliphatic carbocycles. The van der Waals surface area contributed by atoms with E-state index in [1.807, 2.05) is 60.7 Å². The molecule has 158 valence electrons. The Bertz CT molecular complexity index is 854. The van der Waals surface area contributed by atoms with Gasteiger partial charge in [-0.15, -0.1) is 0 Å². The number of carbonyl (C=O) groups excluding carboxylic acids is 3. The Morgan fingerprint density at radius 2 is 1.47 bits per heavy atom. The van der Waals surface area contributed by atoms with Gasteiger partial charge < -0.3 is 16.4 Å². The van der Waals surface area contributed by atoms with Crippen molar-refractivity contribution in [1.29, 1.82) is 0 Å². The molecule has 0 unspecified atom stereocenters. The molecule has 3 rings (SSSR count). The predicted octanol–water partition coefficient (Wildman–Crippen LogP) is 0.730. The first-order valence-corrected chi connectivity index (χ1v) is 10.0. The molecule has 1 saturated heterocycles. The molecule has 2 aromatic rings. The maximum Gasteiger partial charge on any atom is 0.332 e. The molecular formula is C22H27N5O3. The Kier molecular flexibility index (Phi) is 7.40. The van der Waals surface area contributed by atoms with E-state index in [1.165, 1.54) is 5.01 Å². The molecule has 0 saturated carbocycles. The van der Waals surface area contributed by atoms with E-state index in [-0.39, 0.29) is 12.5 Å². The van der Waals surface area contributed by atoms with Gasteiger partial charge in [0.25, 0.3) is 0 Å². The van der Waals surface area contributed by atoms with E-state index in [2.05, 4.69) is 16.1 Å². The number of carbonyl (C=O) groups is 3. The second-order valence-corrected chi connectivity index (χ2v) is 7.26. The van der Waals surface area contributed by atoms with Crippen LogP contribution in [0.5, 0.6) is 0 Å². The zero-order valence-corrected chi connectivity index (χ0v) is 16.7. The van der Waals surface area contributed by atoms with E-state index in [0.29, 0.717) is 19.5 Å². The second-order valence-electron chi connectivity index (χ2n) is 7.26. The van der Waals surface area contributed by atoms with Gasteiger partial charge in [-0.1, -0.05) is 60.7 Å². The topological polar surface area (TPSA) is 117 Å². The number of nitrogens with one attached hydrogen (secondary N) is 3. The third-order valence-corrected chi connectivity index (χ3v) is 4.95. The van der Waals surface area contributed by atoms with Gasteiger partial charge in [-0.2, -0.15) is 0 Å². The standard InChI is InChI=1S/C22H27N5O3/c23-20(28)18(14-16-8-3-1-4-9-16)25-21(29)19(15-17-10-5-2-6-11-17)26-22(30)27-13-7-12-24-27/h1-6,8-11,18-19,24H,7,12-15H2,(H2,23,28)(H,25,29)(H,26,30)/t18-,19-/m1/s1. The van der Waals surface area contributed by atoms with Crippen LogP contribution in [-0.2, 0) is 22.4 Å². The first-order chi connectivity index (χ1) is 14.5. The van der Waals surface area contributed by atoms with Crippen molar-refractivity contribution in [3.8, 4) is 0 Å². The van der Waals surface area contributed by atoms with Crippen LogP contribution < -0.4 is 21.8 Å². The maximum absolute atomic E-state index is 13.0. The lowest BCUT2D eigenvalue weighted by atomic mass is 10.0. The van der Waals surface area contributed by atoms with Gasteiger partial charge in [-0.25, -0.2) is 10.2 Å². The van der Waals surface area contributed by atoms with Crippen LogP contribution in [0.4, 0.5) is 4.79 Å². The first-order valence-electron chi connectivity index (χ1n) is 10.0. The van der Waals surface area contributed by atoms with Crippen molar-refractivity contribution in [2.45, 2.75) is 31.3 Å². The molecule has 1 fully saturated rings. The predicted molar refractivity (Wildman–Crippen MR) is 113 cm³/mol. The Morgan fingerprint density at radius 1 is 0.900 bits per heavy atom. The van der Waals surface area contributed by atoms with E-state index >= 15 is 0 Å². The van der Waals surface area contributed by atoms with Crippen LogP contribution in [-0.4, -0.2) is 48.0 Å².